The summed E-state index contributed by atoms with van der Waals surface area (Å²) in [7, 11) is 1.83. The fraction of sp³-hybridized carbons (Fsp3) is 0.368. The van der Waals surface area contributed by atoms with Crippen molar-refractivity contribution in [3.05, 3.63) is 58.9 Å². The first-order valence-electron chi connectivity index (χ1n) is 8.54. The number of aryl methyl sites for hydroxylation is 1. The van der Waals surface area contributed by atoms with E-state index in [4.69, 9.17) is 11.6 Å². The highest BCUT2D eigenvalue weighted by Crippen LogP contribution is 2.26. The summed E-state index contributed by atoms with van der Waals surface area (Å²) in [5.74, 6) is 0.920. The molecular weight excluding hydrogens is 334 g/mol. The second-order valence-electron chi connectivity index (χ2n) is 6.09. The predicted octanol–water partition coefficient (Wildman–Crippen LogP) is 2.94. The maximum atomic E-state index is 6.32. The van der Waals surface area contributed by atoms with Gasteiger partial charge in [-0.05, 0) is 30.7 Å². The lowest BCUT2D eigenvalue weighted by Crippen LogP contribution is -2.52. The van der Waals surface area contributed by atoms with Crippen LogP contribution in [0.15, 0.2) is 47.6 Å². The van der Waals surface area contributed by atoms with Gasteiger partial charge in [0.2, 0.25) is 0 Å². The molecule has 0 amide bonds. The van der Waals surface area contributed by atoms with Crippen LogP contribution in [0.2, 0.25) is 5.02 Å². The van der Waals surface area contributed by atoms with E-state index in [1.54, 1.807) is 0 Å². The van der Waals surface area contributed by atoms with Crippen LogP contribution >= 0.6 is 11.6 Å². The monoisotopic (exact) mass is 357 g/mol. The zero-order valence-electron chi connectivity index (χ0n) is 14.7. The third kappa shape index (κ3) is 4.23. The van der Waals surface area contributed by atoms with Gasteiger partial charge in [-0.25, -0.2) is 0 Å². The fourth-order valence-electron chi connectivity index (χ4n) is 3.07. The number of benzene rings is 1. The summed E-state index contributed by atoms with van der Waals surface area (Å²) in [6.07, 6.45) is 1.83. The average Bonchev–Trinajstić information content (AvgIpc) is 2.65. The van der Waals surface area contributed by atoms with Crippen molar-refractivity contribution in [2.45, 2.75) is 13.5 Å². The van der Waals surface area contributed by atoms with E-state index in [0.29, 0.717) is 6.54 Å². The lowest BCUT2D eigenvalue weighted by Gasteiger charge is -2.38. The maximum absolute atomic E-state index is 6.32. The van der Waals surface area contributed by atoms with Gasteiger partial charge in [0.15, 0.2) is 5.96 Å². The van der Waals surface area contributed by atoms with Crippen LogP contribution in [-0.4, -0.2) is 49.1 Å². The number of anilines is 1. The summed E-state index contributed by atoms with van der Waals surface area (Å²) >= 11 is 6.32. The molecule has 3 rings (SSSR count). The van der Waals surface area contributed by atoms with Crippen molar-refractivity contribution in [3.63, 3.8) is 0 Å². The molecule has 0 radical (unpaired) electrons. The van der Waals surface area contributed by atoms with Crippen LogP contribution in [0.25, 0.3) is 0 Å². The molecule has 132 valence electrons. The smallest absolute Gasteiger partial charge is 0.194 e. The van der Waals surface area contributed by atoms with Gasteiger partial charge in [-0.15, -0.1) is 0 Å². The van der Waals surface area contributed by atoms with Crippen molar-refractivity contribution < 1.29 is 0 Å². The van der Waals surface area contributed by atoms with Crippen molar-refractivity contribution in [2.75, 3.05) is 38.1 Å². The van der Waals surface area contributed by atoms with Gasteiger partial charge >= 0.3 is 0 Å². The Bertz CT molecular complexity index is 738. The number of rotatable bonds is 3. The van der Waals surface area contributed by atoms with Crippen molar-refractivity contribution in [1.82, 2.24) is 15.2 Å². The van der Waals surface area contributed by atoms with Gasteiger partial charge in [-0.3, -0.25) is 9.98 Å². The van der Waals surface area contributed by atoms with Crippen LogP contribution in [0.5, 0.6) is 0 Å². The van der Waals surface area contributed by atoms with Crippen LogP contribution in [0.4, 0.5) is 5.69 Å². The van der Waals surface area contributed by atoms with Gasteiger partial charge in [0, 0.05) is 39.4 Å². The Morgan fingerprint density at radius 2 is 1.92 bits per heavy atom. The molecule has 2 aromatic rings. The molecule has 5 nitrogen and oxygen atoms in total. The van der Waals surface area contributed by atoms with E-state index in [-0.39, 0.29) is 0 Å². The van der Waals surface area contributed by atoms with E-state index in [0.717, 1.165) is 48.5 Å². The molecule has 1 saturated heterocycles. The largest absolute Gasteiger partial charge is 0.367 e. The lowest BCUT2D eigenvalue weighted by molar-refractivity contribution is 0.372. The van der Waals surface area contributed by atoms with Gasteiger partial charge in [0.05, 0.1) is 22.9 Å². The molecule has 0 aliphatic carbocycles. The van der Waals surface area contributed by atoms with Gasteiger partial charge < -0.3 is 15.1 Å². The molecule has 25 heavy (non-hydrogen) atoms. The number of hydrogen-bond donors (Lipinski definition) is 1. The Kier molecular flexibility index (Phi) is 5.76. The summed E-state index contributed by atoms with van der Waals surface area (Å²) in [5, 5.41) is 4.24. The standard InChI is InChI=1S/C19H24ClN5/c1-15-6-5-9-22-17(15)14-23-19(21-2)25-12-10-24(11-13-25)18-8-4-3-7-16(18)20/h3-9H,10-14H2,1-2H3,(H,21,23). The number of pyridine rings is 1. The summed E-state index contributed by atoms with van der Waals surface area (Å²) in [5.41, 5.74) is 3.35. The SMILES string of the molecule is CN=C(NCc1ncccc1C)N1CCN(c2ccccc2Cl)CC1. The highest BCUT2D eigenvalue weighted by molar-refractivity contribution is 6.33. The number of guanidine groups is 1. The minimum atomic E-state index is 0.685. The van der Waals surface area contributed by atoms with E-state index in [1.807, 2.05) is 37.5 Å². The van der Waals surface area contributed by atoms with E-state index in [2.05, 4.69) is 44.1 Å². The van der Waals surface area contributed by atoms with Crippen molar-refractivity contribution in [2.24, 2.45) is 4.99 Å². The maximum Gasteiger partial charge on any atom is 0.194 e. The van der Waals surface area contributed by atoms with Crippen molar-refractivity contribution >= 4 is 23.2 Å². The van der Waals surface area contributed by atoms with Gasteiger partial charge in [0.1, 0.15) is 0 Å². The zero-order chi connectivity index (χ0) is 17.6. The molecule has 0 saturated carbocycles. The number of aliphatic imine (C=N–C) groups is 1. The quantitative estimate of drug-likeness (QED) is 0.677. The molecule has 2 heterocycles. The first kappa shape index (κ1) is 17.5. The summed E-state index contributed by atoms with van der Waals surface area (Å²) < 4.78 is 0. The number of nitrogens with zero attached hydrogens (tertiary/aromatic N) is 4. The van der Waals surface area contributed by atoms with E-state index < -0.39 is 0 Å². The molecule has 1 aliphatic heterocycles. The minimum absolute atomic E-state index is 0.685. The van der Waals surface area contributed by atoms with Crippen LogP contribution in [0.3, 0.4) is 0 Å². The average molecular weight is 358 g/mol. The Labute approximate surface area is 154 Å². The van der Waals surface area contributed by atoms with Crippen LogP contribution in [0, 0.1) is 6.92 Å². The van der Waals surface area contributed by atoms with Gasteiger partial charge in [-0.2, -0.15) is 0 Å². The third-order valence-corrected chi connectivity index (χ3v) is 4.84. The summed E-state index contributed by atoms with van der Waals surface area (Å²) in [6, 6.07) is 12.1. The first-order valence-corrected chi connectivity index (χ1v) is 8.92. The summed E-state index contributed by atoms with van der Waals surface area (Å²) in [4.78, 5) is 13.5. The molecular formula is C19H24ClN5. The number of piperazine rings is 1. The Morgan fingerprint density at radius 3 is 2.60 bits per heavy atom. The molecule has 0 unspecified atom stereocenters. The highest BCUT2D eigenvalue weighted by Gasteiger charge is 2.21. The number of para-hydroxylation sites is 1. The van der Waals surface area contributed by atoms with E-state index in [1.165, 1.54) is 5.56 Å². The van der Waals surface area contributed by atoms with E-state index in [9.17, 15) is 0 Å². The highest BCUT2D eigenvalue weighted by atomic mass is 35.5. The first-order chi connectivity index (χ1) is 12.2. The normalized spacial score (nSPS) is 15.4. The Morgan fingerprint density at radius 1 is 1.16 bits per heavy atom. The number of nitrogens with one attached hydrogen (secondary N) is 1. The molecule has 6 heteroatoms. The van der Waals surface area contributed by atoms with E-state index >= 15 is 0 Å². The Balaban J connectivity index is 1.57. The molecule has 1 fully saturated rings. The molecule has 0 atom stereocenters. The van der Waals surface area contributed by atoms with Crippen molar-refractivity contribution in [3.8, 4) is 0 Å². The molecule has 1 aliphatic rings. The Hall–Kier alpha value is -2.27. The van der Waals surface area contributed by atoms with Crippen LogP contribution in [0.1, 0.15) is 11.3 Å². The predicted molar refractivity (Wildman–Crippen MR) is 104 cm³/mol. The second-order valence-corrected chi connectivity index (χ2v) is 6.50. The summed E-state index contributed by atoms with van der Waals surface area (Å²) in [6.45, 7) is 6.43. The number of halogens is 1. The fourth-order valence-corrected chi connectivity index (χ4v) is 3.32. The van der Waals surface area contributed by atoms with Crippen molar-refractivity contribution in [1.29, 1.82) is 0 Å². The number of aromatic nitrogens is 1. The lowest BCUT2D eigenvalue weighted by atomic mass is 10.2. The molecule has 1 aromatic heterocycles. The van der Waals surface area contributed by atoms with Gasteiger partial charge in [-0.1, -0.05) is 29.8 Å². The van der Waals surface area contributed by atoms with Crippen LogP contribution < -0.4 is 10.2 Å². The molecule has 0 spiro atoms. The third-order valence-electron chi connectivity index (χ3n) is 4.52. The van der Waals surface area contributed by atoms with Crippen LogP contribution in [-0.2, 0) is 6.54 Å². The topological polar surface area (TPSA) is 43.8 Å². The second kappa shape index (κ2) is 8.21. The zero-order valence-corrected chi connectivity index (χ0v) is 15.5. The number of hydrogen-bond acceptors (Lipinski definition) is 3. The molecule has 0 bridgehead atoms. The van der Waals surface area contributed by atoms with Gasteiger partial charge in [0.25, 0.3) is 0 Å². The molecule has 1 N–H and O–H groups in total. The minimum Gasteiger partial charge on any atom is -0.367 e. The molecule has 1 aromatic carbocycles.